The van der Waals surface area contributed by atoms with Crippen molar-refractivity contribution in [3.05, 3.63) is 12.7 Å². The van der Waals surface area contributed by atoms with Crippen LogP contribution in [0.3, 0.4) is 0 Å². The van der Waals surface area contributed by atoms with Crippen molar-refractivity contribution in [3.8, 4) is 0 Å². The Kier molecular flexibility index (Phi) is 11.9. The Morgan fingerprint density at radius 3 is 2.21 bits per heavy atom. The number of ether oxygens (including phenoxy) is 3. The summed E-state index contributed by atoms with van der Waals surface area (Å²) in [6.07, 6.45) is 0.764. The van der Waals surface area contributed by atoms with Crippen molar-refractivity contribution in [1.29, 1.82) is 0 Å². The van der Waals surface area contributed by atoms with Crippen LogP contribution in [0.4, 0.5) is 0 Å². The third-order valence-corrected chi connectivity index (χ3v) is 13.6. The first-order valence-electron chi connectivity index (χ1n) is 11.6. The average molecular weight is 511 g/mol. The zero-order chi connectivity index (χ0) is 25.6. The third-order valence-electron chi connectivity index (χ3n) is 7.22. The van der Waals surface area contributed by atoms with E-state index in [1.54, 1.807) is 20.3 Å². The van der Waals surface area contributed by atoms with Gasteiger partial charge in [-0.3, -0.25) is 4.57 Å². The van der Waals surface area contributed by atoms with E-state index in [1.165, 1.54) is 14.2 Å². The molecule has 8 nitrogen and oxygen atoms in total. The highest BCUT2D eigenvalue weighted by atomic mass is 31.2. The topological polar surface area (TPSA) is 92.7 Å². The van der Waals surface area contributed by atoms with Crippen LogP contribution in [0.25, 0.3) is 0 Å². The largest absolute Gasteiger partial charge is 0.408 e. The molecular formula is C23H47O8PSi. The van der Waals surface area contributed by atoms with Crippen LogP contribution in [0, 0.1) is 11.8 Å². The van der Waals surface area contributed by atoms with Gasteiger partial charge in [-0.2, -0.15) is 0 Å². The van der Waals surface area contributed by atoms with E-state index < -0.39 is 22.0 Å². The lowest BCUT2D eigenvalue weighted by Gasteiger charge is -2.42. The van der Waals surface area contributed by atoms with E-state index in [0.29, 0.717) is 12.8 Å². The van der Waals surface area contributed by atoms with Gasteiger partial charge in [0.25, 0.3) is 0 Å². The summed E-state index contributed by atoms with van der Waals surface area (Å²) in [7, 11) is 0.526. The molecular weight excluding hydrogens is 463 g/mol. The number of aliphatic hydroxyl groups is 1. The monoisotopic (exact) mass is 510 g/mol. The van der Waals surface area contributed by atoms with Crippen molar-refractivity contribution >= 4 is 15.9 Å². The molecule has 1 fully saturated rings. The number of methoxy groups -OCH3 is 2. The molecule has 196 valence electrons. The number of hydrogen-bond donors (Lipinski definition) is 1. The fraction of sp³-hybridized carbons (Fsp3) is 0.913. The first-order valence-corrected chi connectivity index (χ1v) is 16.2. The lowest BCUT2D eigenvalue weighted by molar-refractivity contribution is -0.159. The fourth-order valence-electron chi connectivity index (χ4n) is 3.94. The minimum absolute atomic E-state index is 0.0345. The van der Waals surface area contributed by atoms with Crippen LogP contribution in [0.1, 0.15) is 40.5 Å². The van der Waals surface area contributed by atoms with Gasteiger partial charge in [0.15, 0.2) is 14.6 Å². The second kappa shape index (κ2) is 12.7. The molecule has 1 N–H and O–H groups in total. The maximum Gasteiger partial charge on any atom is 0.332 e. The SMILES string of the molecule is C=C[C@@H](O[Si](C)(C)C(C)(C)C)[C@H](OC)[C@H]1O[C@@H](OC)C[C@H]1C[C@@H](C)C(O)CP(=O)(OC)OC. The summed E-state index contributed by atoms with van der Waals surface area (Å²) < 4.78 is 46.8. The average Bonchev–Trinajstić information content (AvgIpc) is 3.14. The molecule has 0 radical (unpaired) electrons. The second-order valence-electron chi connectivity index (χ2n) is 10.5. The zero-order valence-electron chi connectivity index (χ0n) is 22.2. The molecule has 0 saturated carbocycles. The summed E-state index contributed by atoms with van der Waals surface area (Å²) in [5.74, 6) is -0.129. The molecule has 1 aliphatic rings. The second-order valence-corrected chi connectivity index (χ2v) is 17.6. The molecule has 0 aliphatic carbocycles. The Morgan fingerprint density at radius 2 is 1.79 bits per heavy atom. The van der Waals surface area contributed by atoms with Gasteiger partial charge in [0.1, 0.15) is 6.10 Å². The lowest BCUT2D eigenvalue weighted by atomic mass is 9.85. The molecule has 10 heteroatoms. The summed E-state index contributed by atoms with van der Waals surface area (Å²) in [5.41, 5.74) is 0. The summed E-state index contributed by atoms with van der Waals surface area (Å²) in [6, 6.07) is 0. The first kappa shape index (κ1) is 30.9. The molecule has 0 amide bonds. The van der Waals surface area contributed by atoms with Gasteiger partial charge in [0.05, 0.1) is 24.5 Å². The Bertz CT molecular complexity index is 645. The summed E-state index contributed by atoms with van der Waals surface area (Å²) in [6.45, 7) is 16.9. The zero-order valence-corrected chi connectivity index (χ0v) is 24.1. The van der Waals surface area contributed by atoms with E-state index in [-0.39, 0.29) is 47.6 Å². The Hall–Kier alpha value is -0.0931. The quantitative estimate of drug-likeness (QED) is 0.202. The molecule has 1 rings (SSSR count). The van der Waals surface area contributed by atoms with Crippen LogP contribution in [0.5, 0.6) is 0 Å². The maximum atomic E-state index is 12.5. The van der Waals surface area contributed by atoms with E-state index in [4.69, 9.17) is 27.7 Å². The number of rotatable bonds is 14. The molecule has 1 unspecified atom stereocenters. The van der Waals surface area contributed by atoms with Crippen LogP contribution in [-0.4, -0.2) is 78.7 Å². The standard InChI is InChI=1S/C23H47O8PSi/c1-12-19(31-33(10,11)23(3,4)5)22(27-7)21-17(14-20(26-6)30-21)13-16(2)18(24)15-32(25,28-8)29-9/h12,16-22,24H,1,13-15H2,2-11H3/t16-,17-,18?,19-,20-,21+,22+/m1/s1. The number of aliphatic hydroxyl groups excluding tert-OH is 1. The molecule has 33 heavy (non-hydrogen) atoms. The molecule has 0 bridgehead atoms. The smallest absolute Gasteiger partial charge is 0.332 e. The normalized spacial score (nSPS) is 26.1. The van der Waals surface area contributed by atoms with Crippen molar-refractivity contribution in [3.63, 3.8) is 0 Å². The van der Waals surface area contributed by atoms with Gasteiger partial charge in [-0.05, 0) is 36.4 Å². The van der Waals surface area contributed by atoms with Gasteiger partial charge >= 0.3 is 7.60 Å². The van der Waals surface area contributed by atoms with Crippen LogP contribution in [0.15, 0.2) is 12.7 Å². The lowest BCUT2D eigenvalue weighted by Crippen LogP contribution is -2.50. The highest BCUT2D eigenvalue weighted by Gasteiger charge is 2.47. The van der Waals surface area contributed by atoms with Gasteiger partial charge < -0.3 is 32.8 Å². The van der Waals surface area contributed by atoms with Gasteiger partial charge in [-0.25, -0.2) is 0 Å². The molecule has 0 aromatic carbocycles. The first-order chi connectivity index (χ1) is 15.2. The van der Waals surface area contributed by atoms with Gasteiger partial charge in [0, 0.05) is 34.9 Å². The summed E-state index contributed by atoms with van der Waals surface area (Å²) >= 11 is 0. The van der Waals surface area contributed by atoms with E-state index in [1.807, 2.05) is 6.92 Å². The fourth-order valence-corrected chi connectivity index (χ4v) is 6.47. The van der Waals surface area contributed by atoms with Gasteiger partial charge in [0.2, 0.25) is 0 Å². The van der Waals surface area contributed by atoms with Crippen molar-refractivity contribution in [2.75, 3.05) is 34.6 Å². The summed E-state index contributed by atoms with van der Waals surface area (Å²) in [5, 5.41) is 10.7. The van der Waals surface area contributed by atoms with Crippen molar-refractivity contribution in [2.24, 2.45) is 11.8 Å². The van der Waals surface area contributed by atoms with Gasteiger partial charge in [-0.1, -0.05) is 33.8 Å². The van der Waals surface area contributed by atoms with E-state index in [0.717, 1.165) is 0 Å². The molecule has 1 saturated heterocycles. The molecule has 7 atom stereocenters. The Balaban J connectivity index is 3.06. The predicted octanol–water partition coefficient (Wildman–Crippen LogP) is 4.83. The van der Waals surface area contributed by atoms with Crippen LogP contribution >= 0.6 is 7.60 Å². The van der Waals surface area contributed by atoms with Crippen LogP contribution in [-0.2, 0) is 32.2 Å². The maximum absolute atomic E-state index is 12.5. The Labute approximate surface area is 202 Å². The van der Waals surface area contributed by atoms with E-state index in [2.05, 4.69) is 40.4 Å². The van der Waals surface area contributed by atoms with Crippen LogP contribution in [0.2, 0.25) is 18.1 Å². The highest BCUT2D eigenvalue weighted by Crippen LogP contribution is 2.48. The van der Waals surface area contributed by atoms with Crippen molar-refractivity contribution < 1.29 is 37.4 Å². The molecule has 1 aliphatic heterocycles. The molecule has 0 spiro atoms. The molecule has 1 heterocycles. The predicted molar refractivity (Wildman–Crippen MR) is 133 cm³/mol. The minimum atomic E-state index is -3.31. The van der Waals surface area contributed by atoms with E-state index in [9.17, 15) is 9.67 Å². The van der Waals surface area contributed by atoms with Crippen molar-refractivity contribution in [1.82, 2.24) is 0 Å². The third kappa shape index (κ3) is 8.22. The number of hydrogen-bond acceptors (Lipinski definition) is 8. The van der Waals surface area contributed by atoms with E-state index >= 15 is 0 Å². The summed E-state index contributed by atoms with van der Waals surface area (Å²) in [4.78, 5) is 0. The van der Waals surface area contributed by atoms with Gasteiger partial charge in [-0.15, -0.1) is 6.58 Å². The van der Waals surface area contributed by atoms with Crippen molar-refractivity contribution in [2.45, 2.75) is 89.4 Å². The molecule has 0 aromatic heterocycles. The highest BCUT2D eigenvalue weighted by molar-refractivity contribution is 7.53. The molecule has 0 aromatic rings. The Morgan fingerprint density at radius 1 is 1.21 bits per heavy atom. The van der Waals surface area contributed by atoms with Crippen LogP contribution < -0.4 is 0 Å². The minimum Gasteiger partial charge on any atom is -0.408 e.